The molecular formula is C17H25ClN2O2. The van der Waals surface area contributed by atoms with E-state index in [4.69, 9.17) is 16.3 Å². The summed E-state index contributed by atoms with van der Waals surface area (Å²) < 4.78 is 6.14. The van der Waals surface area contributed by atoms with Crippen LogP contribution in [0.4, 0.5) is 0 Å². The van der Waals surface area contributed by atoms with E-state index in [9.17, 15) is 4.79 Å². The number of piperidine rings is 1. The van der Waals surface area contributed by atoms with Gasteiger partial charge in [0, 0.05) is 23.9 Å². The molecule has 4 nitrogen and oxygen atoms in total. The van der Waals surface area contributed by atoms with Crippen molar-refractivity contribution in [3.8, 4) is 5.75 Å². The Labute approximate surface area is 137 Å². The van der Waals surface area contributed by atoms with Crippen molar-refractivity contribution in [3.05, 3.63) is 29.3 Å². The van der Waals surface area contributed by atoms with Crippen molar-refractivity contribution < 1.29 is 9.53 Å². The standard InChI is InChI=1S/C17H25ClN2O2/c1-3-14(4-2)20-16(21)17(9-11-19-12-10-17)22-15-7-5-13(18)6-8-15/h5-8,14,19H,3-4,9-12H2,1-2H3,(H,20,21). The van der Waals surface area contributed by atoms with E-state index in [1.165, 1.54) is 0 Å². The molecule has 22 heavy (non-hydrogen) atoms. The van der Waals surface area contributed by atoms with E-state index in [0.717, 1.165) is 25.9 Å². The lowest BCUT2D eigenvalue weighted by molar-refractivity contribution is -0.140. The van der Waals surface area contributed by atoms with Crippen molar-refractivity contribution in [1.29, 1.82) is 0 Å². The molecule has 122 valence electrons. The highest BCUT2D eigenvalue weighted by Gasteiger charge is 2.42. The Morgan fingerprint density at radius 3 is 2.41 bits per heavy atom. The minimum atomic E-state index is -0.790. The van der Waals surface area contributed by atoms with Gasteiger partial charge in [-0.05, 0) is 50.2 Å². The van der Waals surface area contributed by atoms with Crippen LogP contribution in [0.15, 0.2) is 24.3 Å². The maximum Gasteiger partial charge on any atom is 0.264 e. The highest BCUT2D eigenvalue weighted by atomic mass is 35.5. The zero-order valence-corrected chi connectivity index (χ0v) is 14.1. The third-order valence-electron chi connectivity index (χ3n) is 4.27. The van der Waals surface area contributed by atoms with E-state index in [0.29, 0.717) is 23.6 Å². The second kappa shape index (κ2) is 7.84. The first-order valence-electron chi connectivity index (χ1n) is 8.06. The monoisotopic (exact) mass is 324 g/mol. The second-order valence-electron chi connectivity index (χ2n) is 5.79. The number of halogens is 1. The van der Waals surface area contributed by atoms with E-state index >= 15 is 0 Å². The van der Waals surface area contributed by atoms with E-state index in [2.05, 4.69) is 24.5 Å². The molecular weight excluding hydrogens is 300 g/mol. The minimum Gasteiger partial charge on any atom is -0.477 e. The Kier molecular flexibility index (Phi) is 6.09. The van der Waals surface area contributed by atoms with Crippen molar-refractivity contribution in [1.82, 2.24) is 10.6 Å². The molecule has 1 fully saturated rings. The van der Waals surface area contributed by atoms with Gasteiger partial charge in [-0.2, -0.15) is 0 Å². The van der Waals surface area contributed by atoms with Crippen LogP contribution in [-0.4, -0.2) is 30.6 Å². The average molecular weight is 325 g/mol. The van der Waals surface area contributed by atoms with Gasteiger partial charge >= 0.3 is 0 Å². The molecule has 0 aromatic heterocycles. The Bertz CT molecular complexity index is 480. The minimum absolute atomic E-state index is 0.00218. The number of amides is 1. The first kappa shape index (κ1) is 17.1. The molecule has 0 saturated carbocycles. The van der Waals surface area contributed by atoms with Crippen molar-refractivity contribution in [2.75, 3.05) is 13.1 Å². The maximum atomic E-state index is 12.8. The molecule has 1 aliphatic rings. The summed E-state index contributed by atoms with van der Waals surface area (Å²) in [6, 6.07) is 7.40. The topological polar surface area (TPSA) is 50.4 Å². The number of hydrogen-bond acceptors (Lipinski definition) is 3. The highest BCUT2D eigenvalue weighted by Crippen LogP contribution is 2.28. The van der Waals surface area contributed by atoms with Gasteiger partial charge in [-0.15, -0.1) is 0 Å². The van der Waals surface area contributed by atoms with Crippen molar-refractivity contribution in [2.24, 2.45) is 0 Å². The average Bonchev–Trinajstić information content (AvgIpc) is 2.55. The van der Waals surface area contributed by atoms with Crippen LogP contribution in [-0.2, 0) is 4.79 Å². The molecule has 0 atom stereocenters. The van der Waals surface area contributed by atoms with Gasteiger partial charge in [0.25, 0.3) is 5.91 Å². The molecule has 1 amide bonds. The van der Waals surface area contributed by atoms with E-state index in [-0.39, 0.29) is 11.9 Å². The zero-order valence-electron chi connectivity index (χ0n) is 13.3. The zero-order chi connectivity index (χ0) is 16.0. The molecule has 0 unspecified atom stereocenters. The number of benzene rings is 1. The Morgan fingerprint density at radius 2 is 1.86 bits per heavy atom. The maximum absolute atomic E-state index is 12.8. The number of hydrogen-bond donors (Lipinski definition) is 2. The number of ether oxygens (including phenoxy) is 1. The lowest BCUT2D eigenvalue weighted by Gasteiger charge is -2.37. The number of nitrogens with one attached hydrogen (secondary N) is 2. The van der Waals surface area contributed by atoms with Gasteiger partial charge in [-0.25, -0.2) is 0 Å². The van der Waals surface area contributed by atoms with Crippen molar-refractivity contribution in [2.45, 2.75) is 51.2 Å². The van der Waals surface area contributed by atoms with Crippen LogP contribution >= 0.6 is 11.6 Å². The van der Waals surface area contributed by atoms with Crippen LogP contribution in [0, 0.1) is 0 Å². The first-order chi connectivity index (χ1) is 10.6. The van der Waals surface area contributed by atoms with Crippen molar-refractivity contribution >= 4 is 17.5 Å². The summed E-state index contributed by atoms with van der Waals surface area (Å²) in [7, 11) is 0. The lowest BCUT2D eigenvalue weighted by atomic mass is 9.90. The quantitative estimate of drug-likeness (QED) is 0.845. The van der Waals surface area contributed by atoms with Crippen LogP contribution < -0.4 is 15.4 Å². The third-order valence-corrected chi connectivity index (χ3v) is 4.52. The molecule has 1 aliphatic heterocycles. The predicted octanol–water partition coefficient (Wildman–Crippen LogP) is 3.15. The SMILES string of the molecule is CCC(CC)NC(=O)C1(Oc2ccc(Cl)cc2)CCNCC1. The van der Waals surface area contributed by atoms with Gasteiger partial charge in [0.1, 0.15) is 5.75 Å². The first-order valence-corrected chi connectivity index (χ1v) is 8.43. The van der Waals surface area contributed by atoms with Crippen molar-refractivity contribution in [3.63, 3.8) is 0 Å². The number of rotatable bonds is 6. The van der Waals surface area contributed by atoms with Gasteiger partial charge in [-0.1, -0.05) is 25.4 Å². The molecule has 5 heteroatoms. The normalized spacial score (nSPS) is 17.3. The Balaban J connectivity index is 2.16. The molecule has 0 radical (unpaired) electrons. The fraction of sp³-hybridized carbons (Fsp3) is 0.588. The van der Waals surface area contributed by atoms with Gasteiger partial charge in [0.15, 0.2) is 5.60 Å². The molecule has 0 bridgehead atoms. The Hall–Kier alpha value is -1.26. The van der Waals surface area contributed by atoms with E-state index < -0.39 is 5.60 Å². The molecule has 2 N–H and O–H groups in total. The smallest absolute Gasteiger partial charge is 0.264 e. The highest BCUT2D eigenvalue weighted by molar-refractivity contribution is 6.30. The number of carbonyl (C=O) groups is 1. The molecule has 1 saturated heterocycles. The lowest BCUT2D eigenvalue weighted by Crippen LogP contribution is -2.58. The van der Waals surface area contributed by atoms with Gasteiger partial charge in [0.05, 0.1) is 0 Å². The summed E-state index contributed by atoms with van der Waals surface area (Å²) in [5.74, 6) is 0.684. The summed E-state index contributed by atoms with van der Waals surface area (Å²) in [6.07, 6.45) is 3.19. The Morgan fingerprint density at radius 1 is 1.27 bits per heavy atom. The summed E-state index contributed by atoms with van der Waals surface area (Å²) in [5, 5.41) is 7.09. The van der Waals surface area contributed by atoms with Crippen LogP contribution in [0.25, 0.3) is 0 Å². The molecule has 1 aromatic carbocycles. The molecule has 0 spiro atoms. The summed E-state index contributed by atoms with van der Waals surface area (Å²) in [4.78, 5) is 12.8. The van der Waals surface area contributed by atoms with E-state index in [1.54, 1.807) is 12.1 Å². The van der Waals surface area contributed by atoms with Gasteiger partial charge in [-0.3, -0.25) is 4.79 Å². The summed E-state index contributed by atoms with van der Waals surface area (Å²) in [5.41, 5.74) is -0.790. The van der Waals surface area contributed by atoms with Gasteiger partial charge < -0.3 is 15.4 Å². The molecule has 1 aromatic rings. The second-order valence-corrected chi connectivity index (χ2v) is 6.22. The van der Waals surface area contributed by atoms with Gasteiger partial charge in [0.2, 0.25) is 0 Å². The fourth-order valence-electron chi connectivity index (χ4n) is 2.74. The molecule has 0 aliphatic carbocycles. The molecule has 2 rings (SSSR count). The van der Waals surface area contributed by atoms with E-state index in [1.807, 2.05) is 12.1 Å². The van der Waals surface area contributed by atoms with Crippen LogP contribution in [0.1, 0.15) is 39.5 Å². The third kappa shape index (κ3) is 4.14. The van der Waals surface area contributed by atoms with Crippen LogP contribution in [0.2, 0.25) is 5.02 Å². The summed E-state index contributed by atoms with van der Waals surface area (Å²) in [6.45, 7) is 5.74. The largest absolute Gasteiger partial charge is 0.477 e. The van der Waals surface area contributed by atoms with Crippen LogP contribution in [0.3, 0.4) is 0 Å². The summed E-state index contributed by atoms with van der Waals surface area (Å²) >= 11 is 5.91. The fourth-order valence-corrected chi connectivity index (χ4v) is 2.87. The predicted molar refractivity (Wildman–Crippen MR) is 89.4 cm³/mol. The number of carbonyl (C=O) groups excluding carboxylic acids is 1. The van der Waals surface area contributed by atoms with Crippen LogP contribution in [0.5, 0.6) is 5.75 Å². The molecule has 1 heterocycles.